The third-order valence-electron chi connectivity index (χ3n) is 3.15. The van der Waals surface area contributed by atoms with E-state index in [1.54, 1.807) is 0 Å². The third kappa shape index (κ3) is 4.39. The minimum atomic E-state index is 0.0281. The van der Waals surface area contributed by atoms with Gasteiger partial charge in [-0.3, -0.25) is 0 Å². The number of hydrogen-bond acceptors (Lipinski definition) is 2. The number of nitrogens with one attached hydrogen (secondary N) is 1. The van der Waals surface area contributed by atoms with Crippen LogP contribution in [0.25, 0.3) is 0 Å². The smallest absolute Gasteiger partial charge is 0.136 e. The predicted octanol–water partition coefficient (Wildman–Crippen LogP) is 4.11. The molecule has 0 aliphatic rings. The van der Waals surface area contributed by atoms with Crippen LogP contribution in [0.3, 0.4) is 0 Å². The van der Waals surface area contributed by atoms with Crippen LogP contribution in [0.1, 0.15) is 31.1 Å². The molecule has 1 atom stereocenters. The van der Waals surface area contributed by atoms with Gasteiger partial charge < -0.3 is 10.1 Å². The van der Waals surface area contributed by atoms with E-state index in [-0.39, 0.29) is 6.10 Å². The summed E-state index contributed by atoms with van der Waals surface area (Å²) in [7, 11) is 0. The van der Waals surface area contributed by atoms with E-state index >= 15 is 0 Å². The first-order valence-electron chi connectivity index (χ1n) is 7.17. The molecule has 20 heavy (non-hydrogen) atoms. The Labute approximate surface area is 121 Å². The molecule has 0 fully saturated rings. The lowest BCUT2D eigenvalue weighted by atomic mass is 10.1. The van der Waals surface area contributed by atoms with Crippen molar-refractivity contribution in [1.82, 2.24) is 5.32 Å². The van der Waals surface area contributed by atoms with E-state index < -0.39 is 0 Å². The zero-order chi connectivity index (χ0) is 14.4. The van der Waals surface area contributed by atoms with Crippen LogP contribution in [0.5, 0.6) is 5.75 Å². The Balaban J connectivity index is 2.14. The molecule has 0 saturated heterocycles. The van der Waals surface area contributed by atoms with Gasteiger partial charge in [0.15, 0.2) is 0 Å². The van der Waals surface area contributed by atoms with Crippen molar-refractivity contribution in [3.8, 4) is 5.75 Å². The quantitative estimate of drug-likeness (QED) is 0.852. The summed E-state index contributed by atoms with van der Waals surface area (Å²) >= 11 is 0. The summed E-state index contributed by atoms with van der Waals surface area (Å²) in [4.78, 5) is 0. The van der Waals surface area contributed by atoms with Crippen molar-refractivity contribution in [2.24, 2.45) is 0 Å². The second-order valence-electron chi connectivity index (χ2n) is 5.40. The molecular weight excluding hydrogens is 246 g/mol. The highest BCUT2D eigenvalue weighted by molar-refractivity contribution is 5.29. The Morgan fingerprint density at radius 2 is 1.75 bits per heavy atom. The molecule has 0 aromatic heterocycles. The molecule has 0 aliphatic heterocycles. The summed E-state index contributed by atoms with van der Waals surface area (Å²) < 4.78 is 6.17. The fraction of sp³-hybridized carbons (Fsp3) is 0.333. The molecule has 2 nitrogen and oxygen atoms in total. The third-order valence-corrected chi connectivity index (χ3v) is 3.15. The van der Waals surface area contributed by atoms with Gasteiger partial charge in [0.1, 0.15) is 11.9 Å². The van der Waals surface area contributed by atoms with Crippen molar-refractivity contribution >= 4 is 0 Å². The molecule has 0 aliphatic carbocycles. The fourth-order valence-corrected chi connectivity index (χ4v) is 2.09. The first kappa shape index (κ1) is 14.6. The molecule has 1 N–H and O–H groups in total. The molecule has 2 aromatic rings. The predicted molar refractivity (Wildman–Crippen MR) is 84.1 cm³/mol. The van der Waals surface area contributed by atoms with Gasteiger partial charge in [-0.25, -0.2) is 0 Å². The molecule has 2 rings (SSSR count). The SMILES string of the molecule is Cc1cccc(OC(CNC(C)C)c2ccccc2)c1. The van der Waals surface area contributed by atoms with Crippen LogP contribution in [-0.2, 0) is 0 Å². The average molecular weight is 269 g/mol. The van der Waals surface area contributed by atoms with Crippen molar-refractivity contribution in [2.45, 2.75) is 32.9 Å². The Morgan fingerprint density at radius 3 is 2.40 bits per heavy atom. The second kappa shape index (κ2) is 7.11. The summed E-state index contributed by atoms with van der Waals surface area (Å²) in [5.41, 5.74) is 2.41. The molecule has 1 unspecified atom stereocenters. The van der Waals surface area contributed by atoms with Crippen molar-refractivity contribution in [3.05, 3.63) is 65.7 Å². The van der Waals surface area contributed by atoms with Crippen LogP contribution < -0.4 is 10.1 Å². The van der Waals surface area contributed by atoms with E-state index in [9.17, 15) is 0 Å². The van der Waals surface area contributed by atoms with Crippen molar-refractivity contribution in [2.75, 3.05) is 6.54 Å². The highest BCUT2D eigenvalue weighted by Gasteiger charge is 2.13. The monoisotopic (exact) mass is 269 g/mol. The van der Waals surface area contributed by atoms with Gasteiger partial charge in [-0.2, -0.15) is 0 Å². The molecular formula is C18H23NO. The van der Waals surface area contributed by atoms with E-state index in [0.717, 1.165) is 12.3 Å². The zero-order valence-electron chi connectivity index (χ0n) is 12.5. The molecule has 0 amide bonds. The van der Waals surface area contributed by atoms with E-state index in [0.29, 0.717) is 6.04 Å². The van der Waals surface area contributed by atoms with Crippen LogP contribution in [0, 0.1) is 6.92 Å². The van der Waals surface area contributed by atoms with Gasteiger partial charge in [0.25, 0.3) is 0 Å². The average Bonchev–Trinajstić information content (AvgIpc) is 2.44. The number of aryl methyl sites for hydroxylation is 1. The van der Waals surface area contributed by atoms with Gasteiger partial charge in [0, 0.05) is 12.6 Å². The van der Waals surface area contributed by atoms with Crippen molar-refractivity contribution in [3.63, 3.8) is 0 Å². The van der Waals surface area contributed by atoms with Crippen LogP contribution in [-0.4, -0.2) is 12.6 Å². The van der Waals surface area contributed by atoms with E-state index in [2.05, 4.69) is 62.5 Å². The van der Waals surface area contributed by atoms with Gasteiger partial charge in [-0.05, 0) is 30.2 Å². The van der Waals surface area contributed by atoms with E-state index in [4.69, 9.17) is 4.74 Å². The summed E-state index contributed by atoms with van der Waals surface area (Å²) in [5, 5.41) is 3.45. The van der Waals surface area contributed by atoms with Gasteiger partial charge >= 0.3 is 0 Å². The summed E-state index contributed by atoms with van der Waals surface area (Å²) in [6.45, 7) is 7.18. The number of rotatable bonds is 6. The number of hydrogen-bond donors (Lipinski definition) is 1. The van der Waals surface area contributed by atoms with Gasteiger partial charge in [-0.15, -0.1) is 0 Å². The first-order chi connectivity index (χ1) is 9.65. The van der Waals surface area contributed by atoms with Gasteiger partial charge in [-0.1, -0.05) is 56.3 Å². The minimum absolute atomic E-state index is 0.0281. The molecule has 0 spiro atoms. The summed E-state index contributed by atoms with van der Waals surface area (Å²) in [5.74, 6) is 0.921. The zero-order valence-corrected chi connectivity index (χ0v) is 12.5. The minimum Gasteiger partial charge on any atom is -0.484 e. The maximum Gasteiger partial charge on any atom is 0.136 e. The normalized spacial score (nSPS) is 12.4. The fourth-order valence-electron chi connectivity index (χ4n) is 2.09. The molecule has 2 aromatic carbocycles. The maximum absolute atomic E-state index is 6.17. The highest BCUT2D eigenvalue weighted by Crippen LogP contribution is 2.22. The van der Waals surface area contributed by atoms with Crippen LogP contribution >= 0.6 is 0 Å². The maximum atomic E-state index is 6.17. The lowest BCUT2D eigenvalue weighted by Crippen LogP contribution is -2.30. The highest BCUT2D eigenvalue weighted by atomic mass is 16.5. The Morgan fingerprint density at radius 1 is 1.00 bits per heavy atom. The lowest BCUT2D eigenvalue weighted by Gasteiger charge is -2.21. The first-order valence-corrected chi connectivity index (χ1v) is 7.17. The molecule has 0 saturated carbocycles. The molecule has 0 radical (unpaired) electrons. The number of ether oxygens (including phenoxy) is 1. The van der Waals surface area contributed by atoms with Crippen LogP contribution in [0.4, 0.5) is 0 Å². The Hall–Kier alpha value is -1.80. The van der Waals surface area contributed by atoms with Gasteiger partial charge in [0.05, 0.1) is 0 Å². The molecule has 0 bridgehead atoms. The van der Waals surface area contributed by atoms with Crippen LogP contribution in [0.15, 0.2) is 54.6 Å². The number of benzene rings is 2. The van der Waals surface area contributed by atoms with Crippen LogP contribution in [0.2, 0.25) is 0 Å². The standard InChI is InChI=1S/C18H23NO/c1-14(2)19-13-18(16-9-5-4-6-10-16)20-17-11-7-8-15(3)12-17/h4-12,14,18-19H,13H2,1-3H3. The van der Waals surface area contributed by atoms with Gasteiger partial charge in [0.2, 0.25) is 0 Å². The second-order valence-corrected chi connectivity index (χ2v) is 5.40. The summed E-state index contributed by atoms with van der Waals surface area (Å²) in [6, 6.07) is 19.0. The largest absolute Gasteiger partial charge is 0.484 e. The van der Waals surface area contributed by atoms with Crippen molar-refractivity contribution in [1.29, 1.82) is 0 Å². The van der Waals surface area contributed by atoms with E-state index in [1.807, 2.05) is 18.2 Å². The van der Waals surface area contributed by atoms with Crippen molar-refractivity contribution < 1.29 is 4.74 Å². The topological polar surface area (TPSA) is 21.3 Å². The molecule has 106 valence electrons. The molecule has 0 heterocycles. The van der Waals surface area contributed by atoms with E-state index in [1.165, 1.54) is 11.1 Å². The Kier molecular flexibility index (Phi) is 5.19. The molecule has 2 heteroatoms. The lowest BCUT2D eigenvalue weighted by molar-refractivity contribution is 0.198. The summed E-state index contributed by atoms with van der Waals surface area (Å²) in [6.07, 6.45) is 0.0281. The Bertz CT molecular complexity index is 522.